The fourth-order valence-corrected chi connectivity index (χ4v) is 3.48. The minimum Gasteiger partial charge on any atom is -0.318 e. The first-order chi connectivity index (χ1) is 7.46. The van der Waals surface area contributed by atoms with Crippen molar-refractivity contribution in [2.45, 2.75) is 12.3 Å². The van der Waals surface area contributed by atoms with Crippen LogP contribution in [0.4, 0.5) is 0 Å². The van der Waals surface area contributed by atoms with E-state index in [1.165, 1.54) is 4.90 Å². The smallest absolute Gasteiger partial charge is 0.255 e. The molecule has 2 rings (SSSR count). The van der Waals surface area contributed by atoms with Crippen LogP contribution in [0.5, 0.6) is 0 Å². The van der Waals surface area contributed by atoms with Gasteiger partial charge in [-0.2, -0.15) is 0 Å². The molecule has 1 atom stereocenters. The first-order valence-corrected chi connectivity index (χ1v) is 7.01. The Labute approximate surface area is 94.8 Å². The zero-order chi connectivity index (χ0) is 11.9. The highest BCUT2D eigenvalue weighted by atomic mass is 32.2. The summed E-state index contributed by atoms with van der Waals surface area (Å²) in [5, 5.41) is -0.818. The van der Waals surface area contributed by atoms with E-state index in [0.717, 1.165) is 6.26 Å². The summed E-state index contributed by atoms with van der Waals surface area (Å²) in [6.07, 6.45) is 1.16. The van der Waals surface area contributed by atoms with Crippen LogP contribution in [0.15, 0.2) is 24.3 Å². The van der Waals surface area contributed by atoms with E-state index in [1.54, 1.807) is 31.2 Å². The van der Waals surface area contributed by atoms with Gasteiger partial charge >= 0.3 is 0 Å². The predicted molar refractivity (Wildman–Crippen MR) is 60.7 cm³/mol. The van der Waals surface area contributed by atoms with Gasteiger partial charge in [0.2, 0.25) is 0 Å². The second-order valence-electron chi connectivity index (χ2n) is 3.86. The minimum atomic E-state index is -3.31. The summed E-state index contributed by atoms with van der Waals surface area (Å²) in [5.41, 5.74) is 1.09. The van der Waals surface area contributed by atoms with Crippen LogP contribution in [-0.4, -0.2) is 32.0 Å². The van der Waals surface area contributed by atoms with Gasteiger partial charge in [0.1, 0.15) is 0 Å². The molecule has 0 spiro atoms. The van der Waals surface area contributed by atoms with Crippen molar-refractivity contribution in [1.82, 2.24) is 4.90 Å². The van der Waals surface area contributed by atoms with E-state index >= 15 is 0 Å². The van der Waals surface area contributed by atoms with Crippen molar-refractivity contribution in [2.24, 2.45) is 0 Å². The highest BCUT2D eigenvalue weighted by Gasteiger charge is 2.41. The lowest BCUT2D eigenvalue weighted by Gasteiger charge is -2.21. The molecule has 0 bridgehead atoms. The topological polar surface area (TPSA) is 54.5 Å². The fraction of sp³-hybridized carbons (Fsp3) is 0.364. The normalized spacial score (nSPS) is 20.0. The van der Waals surface area contributed by atoms with E-state index in [1.807, 2.05) is 0 Å². The lowest BCUT2D eigenvalue weighted by molar-refractivity contribution is 0.0777. The van der Waals surface area contributed by atoms with Crippen molar-refractivity contribution in [1.29, 1.82) is 0 Å². The third kappa shape index (κ3) is 1.51. The summed E-state index contributed by atoms with van der Waals surface area (Å²) in [6.45, 7) is 2.17. The zero-order valence-electron chi connectivity index (χ0n) is 9.17. The molecule has 0 fully saturated rings. The summed E-state index contributed by atoms with van der Waals surface area (Å²) in [6, 6.07) is 6.87. The van der Waals surface area contributed by atoms with Gasteiger partial charge in [0.15, 0.2) is 15.2 Å². The Balaban J connectivity index is 2.65. The highest BCUT2D eigenvalue weighted by molar-refractivity contribution is 7.90. The molecular formula is C11H13NO3S. The van der Waals surface area contributed by atoms with Crippen molar-refractivity contribution in [3.63, 3.8) is 0 Å². The monoisotopic (exact) mass is 239 g/mol. The molecule has 1 aliphatic heterocycles. The number of carbonyl (C=O) groups excluding carboxylic acids is 1. The predicted octanol–water partition coefficient (Wildman–Crippen LogP) is 1.21. The van der Waals surface area contributed by atoms with Gasteiger partial charge in [-0.1, -0.05) is 18.2 Å². The number of rotatable bonds is 2. The molecule has 16 heavy (non-hydrogen) atoms. The van der Waals surface area contributed by atoms with Crippen LogP contribution in [0.25, 0.3) is 0 Å². The Morgan fingerprint density at radius 2 is 1.94 bits per heavy atom. The molecule has 0 saturated carbocycles. The van der Waals surface area contributed by atoms with Crippen LogP contribution in [0.1, 0.15) is 28.2 Å². The number of benzene rings is 1. The average Bonchev–Trinajstić information content (AvgIpc) is 2.51. The van der Waals surface area contributed by atoms with Gasteiger partial charge in [-0.15, -0.1) is 0 Å². The Hall–Kier alpha value is -1.36. The number of nitrogens with zero attached hydrogens (tertiary/aromatic N) is 1. The molecule has 86 valence electrons. The number of sulfone groups is 1. The number of fused-ring (bicyclic) bond motifs is 1. The number of carbonyl (C=O) groups is 1. The SMILES string of the molecule is CCN1C(=O)c2ccccc2C1S(C)(=O)=O. The molecule has 0 radical (unpaired) electrons. The summed E-state index contributed by atoms with van der Waals surface area (Å²) in [7, 11) is -3.31. The van der Waals surface area contributed by atoms with Gasteiger partial charge in [-0.05, 0) is 13.0 Å². The Bertz CT molecular complexity index is 536. The first-order valence-electron chi connectivity index (χ1n) is 5.05. The van der Waals surface area contributed by atoms with Gasteiger partial charge in [0.25, 0.3) is 5.91 Å². The van der Waals surface area contributed by atoms with Crippen molar-refractivity contribution in [3.05, 3.63) is 35.4 Å². The van der Waals surface area contributed by atoms with E-state index < -0.39 is 15.2 Å². The van der Waals surface area contributed by atoms with Crippen molar-refractivity contribution in [2.75, 3.05) is 12.8 Å². The molecule has 1 amide bonds. The maximum absolute atomic E-state index is 11.9. The van der Waals surface area contributed by atoms with E-state index in [2.05, 4.69) is 0 Å². The molecule has 0 N–H and O–H groups in total. The molecule has 0 aliphatic carbocycles. The molecule has 1 heterocycles. The average molecular weight is 239 g/mol. The largest absolute Gasteiger partial charge is 0.318 e. The summed E-state index contributed by atoms with van der Waals surface area (Å²) in [4.78, 5) is 13.3. The van der Waals surface area contributed by atoms with E-state index in [-0.39, 0.29) is 5.91 Å². The van der Waals surface area contributed by atoms with Gasteiger partial charge < -0.3 is 4.90 Å². The molecule has 0 saturated heterocycles. The van der Waals surface area contributed by atoms with Gasteiger partial charge in [-0.3, -0.25) is 4.79 Å². The number of hydrogen-bond donors (Lipinski definition) is 0. The first kappa shape index (κ1) is 11.1. The molecular weight excluding hydrogens is 226 g/mol. The lowest BCUT2D eigenvalue weighted by atomic mass is 10.1. The standard InChI is InChI=1S/C11H13NO3S/c1-3-12-10(13)8-6-4-5-7-9(8)11(12)16(2,14)15/h4-7,11H,3H2,1-2H3. The molecule has 4 nitrogen and oxygen atoms in total. The zero-order valence-corrected chi connectivity index (χ0v) is 9.99. The second kappa shape index (κ2) is 3.59. The van der Waals surface area contributed by atoms with Gasteiger partial charge in [0, 0.05) is 23.9 Å². The highest BCUT2D eigenvalue weighted by Crippen LogP contribution is 2.36. The van der Waals surface area contributed by atoms with E-state index in [0.29, 0.717) is 17.7 Å². The molecule has 1 aliphatic rings. The van der Waals surface area contributed by atoms with Crippen molar-refractivity contribution >= 4 is 15.7 Å². The van der Waals surface area contributed by atoms with Gasteiger partial charge in [-0.25, -0.2) is 8.42 Å². The van der Waals surface area contributed by atoms with E-state index in [9.17, 15) is 13.2 Å². The van der Waals surface area contributed by atoms with Crippen molar-refractivity contribution < 1.29 is 13.2 Å². The quantitative estimate of drug-likeness (QED) is 0.779. The van der Waals surface area contributed by atoms with Crippen LogP contribution in [0, 0.1) is 0 Å². The second-order valence-corrected chi connectivity index (χ2v) is 5.97. The Morgan fingerprint density at radius 3 is 2.50 bits per heavy atom. The summed E-state index contributed by atoms with van der Waals surface area (Å²) >= 11 is 0. The maximum Gasteiger partial charge on any atom is 0.255 e. The number of hydrogen-bond acceptors (Lipinski definition) is 3. The maximum atomic E-state index is 11.9. The van der Waals surface area contributed by atoms with Crippen LogP contribution in [0.2, 0.25) is 0 Å². The fourth-order valence-electron chi connectivity index (χ4n) is 2.11. The summed E-state index contributed by atoms with van der Waals surface area (Å²) in [5.74, 6) is -0.200. The Kier molecular flexibility index (Phi) is 2.50. The van der Waals surface area contributed by atoms with Crippen LogP contribution in [-0.2, 0) is 9.84 Å². The molecule has 1 unspecified atom stereocenters. The lowest BCUT2D eigenvalue weighted by Crippen LogP contribution is -2.31. The van der Waals surface area contributed by atoms with Crippen LogP contribution < -0.4 is 0 Å². The third-order valence-electron chi connectivity index (χ3n) is 2.75. The third-order valence-corrected chi connectivity index (χ3v) is 4.07. The number of amides is 1. The summed E-state index contributed by atoms with van der Waals surface area (Å²) < 4.78 is 23.4. The molecule has 1 aromatic rings. The molecule has 1 aromatic carbocycles. The van der Waals surface area contributed by atoms with Crippen LogP contribution in [0.3, 0.4) is 0 Å². The molecule has 5 heteroatoms. The Morgan fingerprint density at radius 1 is 1.31 bits per heavy atom. The minimum absolute atomic E-state index is 0.200. The van der Waals surface area contributed by atoms with E-state index in [4.69, 9.17) is 0 Å². The van der Waals surface area contributed by atoms with Crippen LogP contribution >= 0.6 is 0 Å². The van der Waals surface area contributed by atoms with Crippen molar-refractivity contribution in [3.8, 4) is 0 Å². The molecule has 0 aromatic heterocycles. The van der Waals surface area contributed by atoms with Gasteiger partial charge in [0.05, 0.1) is 0 Å².